The topological polar surface area (TPSA) is 78.4 Å². The van der Waals surface area contributed by atoms with Gasteiger partial charge in [0.1, 0.15) is 0 Å². The molecule has 1 aromatic carbocycles. The van der Waals surface area contributed by atoms with Crippen LogP contribution in [0.5, 0.6) is 0 Å². The molecule has 2 fully saturated rings. The molecule has 0 aromatic heterocycles. The predicted octanol–water partition coefficient (Wildman–Crippen LogP) is 2.10. The van der Waals surface area contributed by atoms with Gasteiger partial charge in [0.2, 0.25) is 11.8 Å². The molecule has 130 valence electrons. The smallest absolute Gasteiger partial charge is 0.228 e. The number of amides is 2. The van der Waals surface area contributed by atoms with Gasteiger partial charge in [-0.3, -0.25) is 9.59 Å². The van der Waals surface area contributed by atoms with E-state index >= 15 is 0 Å². The third kappa shape index (κ3) is 3.78. The summed E-state index contributed by atoms with van der Waals surface area (Å²) < 4.78 is 0. The number of aliphatic hydroxyl groups is 1. The van der Waals surface area contributed by atoms with Crippen LogP contribution in [0.1, 0.15) is 38.2 Å². The van der Waals surface area contributed by atoms with Gasteiger partial charge in [-0.05, 0) is 48.8 Å². The molecule has 24 heavy (non-hydrogen) atoms. The lowest BCUT2D eigenvalue weighted by molar-refractivity contribution is -0.121. The lowest BCUT2D eigenvalue weighted by atomic mass is 10.1. The second-order valence-electron chi connectivity index (χ2n) is 7.00. The molecule has 2 saturated carbocycles. The fraction of sp³-hybridized carbons (Fsp3) is 0.579. The minimum Gasteiger partial charge on any atom is -0.394 e. The van der Waals surface area contributed by atoms with Crippen LogP contribution in [-0.4, -0.2) is 29.6 Å². The first kappa shape index (κ1) is 17.0. The summed E-state index contributed by atoms with van der Waals surface area (Å²) in [6, 6.07) is 7.24. The van der Waals surface area contributed by atoms with Crippen molar-refractivity contribution in [2.75, 3.05) is 11.9 Å². The Labute approximate surface area is 142 Å². The predicted molar refractivity (Wildman–Crippen MR) is 92.4 cm³/mol. The largest absolute Gasteiger partial charge is 0.394 e. The molecule has 5 nitrogen and oxygen atoms in total. The van der Waals surface area contributed by atoms with Crippen molar-refractivity contribution < 1.29 is 14.7 Å². The highest BCUT2D eigenvalue weighted by atomic mass is 16.3. The van der Waals surface area contributed by atoms with Crippen LogP contribution < -0.4 is 10.6 Å². The van der Waals surface area contributed by atoms with Gasteiger partial charge in [0.25, 0.3) is 0 Å². The number of fused-ring (bicyclic) bond motifs is 1. The van der Waals surface area contributed by atoms with Crippen LogP contribution in [0.4, 0.5) is 5.69 Å². The van der Waals surface area contributed by atoms with Gasteiger partial charge in [-0.2, -0.15) is 0 Å². The number of carbonyl (C=O) groups is 2. The number of aliphatic hydroxyl groups excluding tert-OH is 1. The molecule has 2 aliphatic carbocycles. The first-order valence-corrected chi connectivity index (χ1v) is 8.92. The van der Waals surface area contributed by atoms with Crippen molar-refractivity contribution in [3.05, 3.63) is 29.8 Å². The SMILES string of the molecule is CCC(CO)NC(=O)Cc1ccc(NC(=O)C2C3CCCC32)cc1. The molecule has 5 heteroatoms. The standard InChI is InChI=1S/C19H26N2O3/c1-2-13(11-22)20-17(23)10-12-6-8-14(9-7-12)21-19(24)18-15-4-3-5-16(15)18/h6-9,13,15-16,18,22H,2-5,10-11H2,1H3,(H,20,23)(H,21,24). The molecule has 3 atom stereocenters. The summed E-state index contributed by atoms with van der Waals surface area (Å²) in [5.74, 6) is 1.49. The Hall–Kier alpha value is -1.88. The van der Waals surface area contributed by atoms with Crippen LogP contribution in [0.15, 0.2) is 24.3 Å². The summed E-state index contributed by atoms with van der Waals surface area (Å²) in [4.78, 5) is 24.2. The molecule has 2 amide bonds. The third-order valence-electron chi connectivity index (χ3n) is 5.37. The maximum atomic E-state index is 12.2. The van der Waals surface area contributed by atoms with E-state index in [0.29, 0.717) is 18.3 Å². The summed E-state index contributed by atoms with van der Waals surface area (Å²) in [6.45, 7) is 1.88. The van der Waals surface area contributed by atoms with Crippen LogP contribution in [0.3, 0.4) is 0 Å². The number of benzene rings is 1. The highest BCUT2D eigenvalue weighted by Gasteiger charge is 2.56. The van der Waals surface area contributed by atoms with Gasteiger partial charge >= 0.3 is 0 Å². The Balaban J connectivity index is 1.48. The Morgan fingerprint density at radius 1 is 1.21 bits per heavy atom. The van der Waals surface area contributed by atoms with Crippen LogP contribution in [0.2, 0.25) is 0 Å². The summed E-state index contributed by atoms with van der Waals surface area (Å²) in [5, 5.41) is 14.9. The van der Waals surface area contributed by atoms with Crippen molar-refractivity contribution in [2.24, 2.45) is 17.8 Å². The Bertz CT molecular complexity index is 585. The fourth-order valence-electron chi connectivity index (χ4n) is 3.88. The Kier molecular flexibility index (Phi) is 5.19. The van der Waals surface area contributed by atoms with E-state index in [1.54, 1.807) is 0 Å². The fourth-order valence-corrected chi connectivity index (χ4v) is 3.88. The van der Waals surface area contributed by atoms with E-state index in [1.165, 1.54) is 19.3 Å². The van der Waals surface area contributed by atoms with E-state index in [1.807, 2.05) is 31.2 Å². The van der Waals surface area contributed by atoms with E-state index < -0.39 is 0 Å². The molecular weight excluding hydrogens is 304 g/mol. The van der Waals surface area contributed by atoms with Crippen LogP contribution in [-0.2, 0) is 16.0 Å². The summed E-state index contributed by atoms with van der Waals surface area (Å²) in [7, 11) is 0. The maximum Gasteiger partial charge on any atom is 0.228 e. The summed E-state index contributed by atoms with van der Waals surface area (Å²) in [6.07, 6.45) is 4.64. The zero-order valence-electron chi connectivity index (χ0n) is 14.1. The minimum atomic E-state index is -0.186. The van der Waals surface area contributed by atoms with Gasteiger partial charge in [-0.25, -0.2) is 0 Å². The lowest BCUT2D eigenvalue weighted by Gasteiger charge is -2.14. The molecule has 0 radical (unpaired) electrons. The molecular formula is C19H26N2O3. The number of nitrogens with one attached hydrogen (secondary N) is 2. The average molecular weight is 330 g/mol. The van der Waals surface area contributed by atoms with Gasteiger partial charge in [-0.1, -0.05) is 25.5 Å². The molecule has 3 rings (SSSR count). The molecule has 0 saturated heterocycles. The number of carbonyl (C=O) groups excluding carboxylic acids is 2. The molecule has 2 aliphatic rings. The van der Waals surface area contributed by atoms with Crippen LogP contribution in [0.25, 0.3) is 0 Å². The first-order valence-electron chi connectivity index (χ1n) is 8.92. The highest BCUT2D eigenvalue weighted by molar-refractivity contribution is 5.95. The van der Waals surface area contributed by atoms with Crippen LogP contribution >= 0.6 is 0 Å². The summed E-state index contributed by atoms with van der Waals surface area (Å²) >= 11 is 0. The highest BCUT2D eigenvalue weighted by Crippen LogP contribution is 2.57. The normalized spacial score (nSPS) is 25.7. The molecule has 1 aromatic rings. The van der Waals surface area contributed by atoms with Gasteiger partial charge < -0.3 is 15.7 Å². The zero-order valence-corrected chi connectivity index (χ0v) is 14.1. The first-order chi connectivity index (χ1) is 11.6. The number of hydrogen-bond donors (Lipinski definition) is 3. The van der Waals surface area contributed by atoms with E-state index in [0.717, 1.165) is 11.3 Å². The van der Waals surface area contributed by atoms with E-state index in [2.05, 4.69) is 10.6 Å². The molecule has 0 heterocycles. The quantitative estimate of drug-likeness (QED) is 0.716. The van der Waals surface area contributed by atoms with E-state index in [-0.39, 0.29) is 36.8 Å². The van der Waals surface area contributed by atoms with Crippen molar-refractivity contribution in [1.82, 2.24) is 5.32 Å². The van der Waals surface area contributed by atoms with Crippen LogP contribution in [0, 0.1) is 17.8 Å². The lowest BCUT2D eigenvalue weighted by Crippen LogP contribution is -2.37. The number of hydrogen-bond acceptors (Lipinski definition) is 3. The van der Waals surface area contributed by atoms with Gasteiger partial charge in [0, 0.05) is 11.6 Å². The monoisotopic (exact) mass is 330 g/mol. The molecule has 0 spiro atoms. The minimum absolute atomic E-state index is 0.0453. The van der Waals surface area contributed by atoms with Crippen molar-refractivity contribution >= 4 is 17.5 Å². The molecule has 0 aliphatic heterocycles. The zero-order chi connectivity index (χ0) is 17.1. The average Bonchev–Trinajstić information content (AvgIpc) is 3.07. The summed E-state index contributed by atoms with van der Waals surface area (Å²) in [5.41, 5.74) is 1.68. The van der Waals surface area contributed by atoms with E-state index in [4.69, 9.17) is 5.11 Å². The second kappa shape index (κ2) is 7.34. The van der Waals surface area contributed by atoms with Gasteiger partial charge in [0.05, 0.1) is 19.1 Å². The van der Waals surface area contributed by atoms with Crippen molar-refractivity contribution in [3.8, 4) is 0 Å². The second-order valence-corrected chi connectivity index (χ2v) is 7.00. The van der Waals surface area contributed by atoms with Crippen molar-refractivity contribution in [2.45, 2.75) is 45.1 Å². The van der Waals surface area contributed by atoms with E-state index in [9.17, 15) is 9.59 Å². The Morgan fingerprint density at radius 3 is 2.46 bits per heavy atom. The molecule has 3 unspecified atom stereocenters. The van der Waals surface area contributed by atoms with Crippen molar-refractivity contribution in [3.63, 3.8) is 0 Å². The number of anilines is 1. The molecule has 3 N–H and O–H groups in total. The van der Waals surface area contributed by atoms with Gasteiger partial charge in [0.15, 0.2) is 0 Å². The third-order valence-corrected chi connectivity index (χ3v) is 5.37. The Morgan fingerprint density at radius 2 is 1.88 bits per heavy atom. The molecule has 0 bridgehead atoms. The maximum absolute atomic E-state index is 12.2. The van der Waals surface area contributed by atoms with Crippen molar-refractivity contribution in [1.29, 1.82) is 0 Å². The number of rotatable bonds is 7. The van der Waals surface area contributed by atoms with Gasteiger partial charge in [-0.15, -0.1) is 0 Å².